The topological polar surface area (TPSA) is 47.6 Å². The van der Waals surface area contributed by atoms with Crippen LogP contribution in [-0.2, 0) is 5.41 Å². The molecule has 0 aromatic heterocycles. The van der Waals surface area contributed by atoms with Crippen LogP contribution in [0.4, 0.5) is 0 Å². The maximum absolute atomic E-state index is 6.86. The van der Waals surface area contributed by atoms with Crippen molar-refractivity contribution in [1.29, 1.82) is 0 Å². The molecule has 3 nitrogen and oxygen atoms in total. The molecule has 1 aliphatic heterocycles. The Labute approximate surface area is 327 Å². The van der Waals surface area contributed by atoms with Gasteiger partial charge in [-0.3, -0.25) is 4.99 Å². The quantitative estimate of drug-likeness (QED) is 0.167. The minimum atomic E-state index is -0.475. The highest BCUT2D eigenvalue weighted by Crippen LogP contribution is 2.62. The lowest BCUT2D eigenvalue weighted by atomic mass is 9.66. The van der Waals surface area contributed by atoms with Crippen molar-refractivity contribution in [3.05, 3.63) is 245 Å². The van der Waals surface area contributed by atoms with E-state index in [4.69, 9.17) is 15.5 Å². The van der Waals surface area contributed by atoms with Gasteiger partial charge in [-0.25, -0.2) is 0 Å². The second kappa shape index (κ2) is 14.0. The van der Waals surface area contributed by atoms with E-state index < -0.39 is 5.41 Å². The van der Waals surface area contributed by atoms with Crippen LogP contribution in [0.25, 0.3) is 39.1 Å². The van der Waals surface area contributed by atoms with Crippen LogP contribution in [0.1, 0.15) is 45.0 Å². The zero-order chi connectivity index (χ0) is 37.5. The third-order valence-electron chi connectivity index (χ3n) is 11.3. The van der Waals surface area contributed by atoms with Crippen LogP contribution in [0.5, 0.6) is 11.5 Å². The molecule has 0 amide bonds. The lowest BCUT2D eigenvalue weighted by molar-refractivity contribution is 0.436. The maximum Gasteiger partial charge on any atom is 0.132 e. The average molecular weight is 719 g/mol. The second-order valence-electron chi connectivity index (χ2n) is 14.5. The molecule has 3 heteroatoms. The van der Waals surface area contributed by atoms with E-state index in [0.29, 0.717) is 0 Å². The van der Waals surface area contributed by atoms with Gasteiger partial charge in [0.2, 0.25) is 0 Å². The lowest BCUT2D eigenvalue weighted by Gasteiger charge is -2.39. The fourth-order valence-corrected chi connectivity index (χ4v) is 8.56. The van der Waals surface area contributed by atoms with Crippen molar-refractivity contribution in [3.63, 3.8) is 0 Å². The van der Waals surface area contributed by atoms with Gasteiger partial charge in [-0.15, -0.1) is 0 Å². The van der Waals surface area contributed by atoms with E-state index in [9.17, 15) is 0 Å². The SMILES string of the molecule is NC(/C=C(\N=C\c1ccccc1)c1ccc(-c2ccc3c(c2)-c2ccccc2C32c3ccccc3Oc3ccccc32)cc1)c1ccc(-c2ccccc2)cc1. The average Bonchev–Trinajstić information content (AvgIpc) is 3.56. The van der Waals surface area contributed by atoms with Crippen molar-refractivity contribution in [3.8, 4) is 44.9 Å². The second-order valence-corrected chi connectivity index (χ2v) is 14.5. The van der Waals surface area contributed by atoms with Gasteiger partial charge in [-0.1, -0.05) is 182 Å². The molecule has 56 heavy (non-hydrogen) atoms. The molecule has 1 atom stereocenters. The van der Waals surface area contributed by atoms with Gasteiger partial charge in [0, 0.05) is 17.3 Å². The number of para-hydroxylation sites is 2. The van der Waals surface area contributed by atoms with Crippen LogP contribution in [0.2, 0.25) is 0 Å². The van der Waals surface area contributed by atoms with Crippen molar-refractivity contribution in [2.24, 2.45) is 10.7 Å². The zero-order valence-electron chi connectivity index (χ0n) is 30.7. The van der Waals surface area contributed by atoms with Gasteiger partial charge in [0.15, 0.2) is 0 Å². The van der Waals surface area contributed by atoms with E-state index in [2.05, 4.69) is 182 Å². The maximum atomic E-state index is 6.86. The molecular weight excluding hydrogens is 681 g/mol. The number of rotatable bonds is 7. The lowest BCUT2D eigenvalue weighted by Crippen LogP contribution is -2.32. The number of benzene rings is 8. The highest BCUT2D eigenvalue weighted by molar-refractivity contribution is 5.91. The summed E-state index contributed by atoms with van der Waals surface area (Å²) in [4.78, 5) is 5.00. The van der Waals surface area contributed by atoms with Crippen molar-refractivity contribution in [1.82, 2.24) is 0 Å². The van der Waals surface area contributed by atoms with Crippen LogP contribution in [0.3, 0.4) is 0 Å². The molecule has 1 spiro atoms. The molecule has 0 saturated heterocycles. The summed E-state index contributed by atoms with van der Waals surface area (Å²) < 4.78 is 6.51. The summed E-state index contributed by atoms with van der Waals surface area (Å²) in [5.74, 6) is 1.80. The first kappa shape index (κ1) is 33.5. The van der Waals surface area contributed by atoms with Gasteiger partial charge < -0.3 is 10.5 Å². The van der Waals surface area contributed by atoms with Crippen LogP contribution in [0.15, 0.2) is 211 Å². The third-order valence-corrected chi connectivity index (χ3v) is 11.3. The van der Waals surface area contributed by atoms with Crippen molar-refractivity contribution in [2.75, 3.05) is 0 Å². The Kier molecular flexibility index (Phi) is 8.36. The molecule has 266 valence electrons. The fourth-order valence-electron chi connectivity index (χ4n) is 8.56. The van der Waals surface area contributed by atoms with Crippen LogP contribution >= 0.6 is 0 Å². The van der Waals surface area contributed by atoms with Gasteiger partial charge in [0.05, 0.1) is 17.2 Å². The van der Waals surface area contributed by atoms with Gasteiger partial charge in [-0.05, 0) is 85.5 Å². The summed E-state index contributed by atoms with van der Waals surface area (Å²) in [6.45, 7) is 0. The van der Waals surface area contributed by atoms with Crippen molar-refractivity contribution in [2.45, 2.75) is 11.5 Å². The van der Waals surface area contributed by atoms with Crippen molar-refractivity contribution >= 4 is 11.9 Å². The summed E-state index contributed by atoms with van der Waals surface area (Å²) in [5, 5.41) is 0. The van der Waals surface area contributed by atoms with Crippen LogP contribution in [0, 0.1) is 0 Å². The van der Waals surface area contributed by atoms with E-state index in [1.165, 1.54) is 38.9 Å². The predicted octanol–water partition coefficient (Wildman–Crippen LogP) is 12.6. The molecule has 0 bridgehead atoms. The number of hydrogen-bond acceptors (Lipinski definition) is 3. The Bertz CT molecular complexity index is 2720. The molecule has 1 aliphatic carbocycles. The van der Waals surface area contributed by atoms with Crippen LogP contribution < -0.4 is 10.5 Å². The molecule has 8 aromatic carbocycles. The van der Waals surface area contributed by atoms with E-state index in [-0.39, 0.29) is 6.04 Å². The number of nitrogens with zero attached hydrogens (tertiary/aromatic N) is 1. The first-order valence-corrected chi connectivity index (χ1v) is 19.1. The fraction of sp³-hybridized carbons (Fsp3) is 0.0377. The summed E-state index contributed by atoms with van der Waals surface area (Å²) in [5.41, 5.74) is 22.3. The Morgan fingerprint density at radius 1 is 0.482 bits per heavy atom. The predicted molar refractivity (Wildman–Crippen MR) is 230 cm³/mol. The van der Waals surface area contributed by atoms with E-state index in [1.807, 2.05) is 30.5 Å². The zero-order valence-corrected chi connectivity index (χ0v) is 30.7. The summed E-state index contributed by atoms with van der Waals surface area (Å²) in [7, 11) is 0. The van der Waals surface area contributed by atoms with Gasteiger partial charge in [0.25, 0.3) is 0 Å². The number of hydrogen-bond donors (Lipinski definition) is 1. The standard InChI is InChI=1S/C53H38N2O/c54-49(40-27-23-38(24-28-40)37-15-5-2-6-16-37)34-50(55-35-36-13-3-1-4-14-36)41-29-25-39(26-30-41)42-31-32-46-44(33-42)43-17-7-8-18-45(43)53(46)47-19-9-11-21-51(47)56-52-22-12-10-20-48(52)53/h1-35,49H,54H2/b50-34-,55-35+. The smallest absolute Gasteiger partial charge is 0.132 e. The van der Waals surface area contributed by atoms with Gasteiger partial charge in [-0.2, -0.15) is 0 Å². The highest BCUT2D eigenvalue weighted by Gasteiger charge is 2.50. The van der Waals surface area contributed by atoms with Gasteiger partial charge >= 0.3 is 0 Å². The van der Waals surface area contributed by atoms with E-state index in [0.717, 1.165) is 50.6 Å². The molecule has 0 radical (unpaired) electrons. The molecule has 2 aliphatic rings. The monoisotopic (exact) mass is 718 g/mol. The number of fused-ring (bicyclic) bond motifs is 9. The molecule has 10 rings (SSSR count). The van der Waals surface area contributed by atoms with E-state index >= 15 is 0 Å². The Morgan fingerprint density at radius 3 is 1.70 bits per heavy atom. The molecule has 8 aromatic rings. The van der Waals surface area contributed by atoms with Crippen molar-refractivity contribution < 1.29 is 4.74 Å². The summed E-state index contributed by atoms with van der Waals surface area (Å²) in [6, 6.07) is 70.2. The molecule has 1 unspecified atom stereocenters. The molecule has 1 heterocycles. The first-order valence-electron chi connectivity index (χ1n) is 19.1. The highest BCUT2D eigenvalue weighted by atomic mass is 16.5. The normalized spacial score (nSPS) is 14.1. The molecule has 0 saturated carbocycles. The first-order chi connectivity index (χ1) is 27.7. The Hall–Kier alpha value is -7.07. The molecule has 0 fully saturated rings. The summed E-state index contributed by atoms with van der Waals surface area (Å²) in [6.07, 6.45) is 3.96. The minimum absolute atomic E-state index is 0.341. The molecular formula is C53H38N2O. The number of ether oxygens (including phenoxy) is 1. The largest absolute Gasteiger partial charge is 0.457 e. The number of nitrogens with two attached hydrogens (primary N) is 1. The number of aliphatic imine (C=N–C) groups is 1. The van der Waals surface area contributed by atoms with Crippen LogP contribution in [-0.4, -0.2) is 6.21 Å². The Morgan fingerprint density at radius 2 is 1.00 bits per heavy atom. The van der Waals surface area contributed by atoms with Gasteiger partial charge in [0.1, 0.15) is 11.5 Å². The Balaban J connectivity index is 1.02. The molecule has 2 N–H and O–H groups in total. The third kappa shape index (κ3) is 5.69. The minimum Gasteiger partial charge on any atom is -0.457 e. The summed E-state index contributed by atoms with van der Waals surface area (Å²) >= 11 is 0. The van der Waals surface area contributed by atoms with E-state index in [1.54, 1.807) is 0 Å².